The summed E-state index contributed by atoms with van der Waals surface area (Å²) >= 11 is 0. The van der Waals surface area contributed by atoms with E-state index in [4.69, 9.17) is 4.89 Å². The van der Waals surface area contributed by atoms with Crippen molar-refractivity contribution < 1.29 is 24.0 Å². The highest BCUT2D eigenvalue weighted by Crippen LogP contribution is 2.17. The summed E-state index contributed by atoms with van der Waals surface area (Å²) in [4.78, 5) is 21.9. The number of nitrogens with zero attached hydrogens (tertiary/aromatic N) is 1. The van der Waals surface area contributed by atoms with Crippen molar-refractivity contribution in [3.8, 4) is 0 Å². The highest BCUT2D eigenvalue weighted by Gasteiger charge is 1.94. The predicted octanol–water partition coefficient (Wildman–Crippen LogP) is 4.92. The van der Waals surface area contributed by atoms with E-state index in [1.807, 2.05) is 0 Å². The Kier molecular flexibility index (Phi) is 30.5. The minimum Gasteiger partial charge on any atom is -0.346 e. The van der Waals surface area contributed by atoms with E-state index >= 15 is 0 Å². The summed E-state index contributed by atoms with van der Waals surface area (Å²) in [6, 6.07) is 0. The number of halogens is 1. The number of unbranched alkanes of at least 4 members (excludes halogenated alkanes) is 9. The Morgan fingerprint density at radius 1 is 0.783 bits per heavy atom. The maximum Gasteiger partial charge on any atom is 0.189 e. The maximum absolute atomic E-state index is 10.4. The van der Waals surface area contributed by atoms with Gasteiger partial charge < -0.3 is 4.89 Å². The second-order valence-corrected chi connectivity index (χ2v) is 6.38. The van der Waals surface area contributed by atoms with Crippen LogP contribution in [0.15, 0.2) is 0 Å². The molecule has 1 unspecified atom stereocenters. The van der Waals surface area contributed by atoms with E-state index < -0.39 is 8.03 Å². The molecule has 0 aliphatic heterocycles. The molecule has 0 heterocycles. The first kappa shape index (κ1) is 28.3. The van der Waals surface area contributed by atoms with Crippen molar-refractivity contribution in [3.05, 3.63) is 0 Å². The molecule has 8 heteroatoms. The first-order chi connectivity index (χ1) is 10.6. The van der Waals surface area contributed by atoms with Crippen molar-refractivity contribution in [2.75, 3.05) is 27.5 Å². The molecule has 0 spiro atoms. The van der Waals surface area contributed by atoms with Gasteiger partial charge in [0.15, 0.2) is 8.03 Å². The zero-order valence-electron chi connectivity index (χ0n) is 15.2. The van der Waals surface area contributed by atoms with E-state index in [0.717, 1.165) is 18.2 Å². The van der Waals surface area contributed by atoms with Crippen LogP contribution in [0, 0.1) is 0 Å². The quantitative estimate of drug-likeness (QED) is 0.243. The lowest BCUT2D eigenvalue weighted by atomic mass is 10.1. The molecule has 0 rings (SSSR count). The molecular formula is C15H37BrNO5P. The van der Waals surface area contributed by atoms with Crippen LogP contribution in [-0.2, 0) is 19.1 Å². The van der Waals surface area contributed by atoms with Crippen LogP contribution in [0.25, 0.3) is 0 Å². The van der Waals surface area contributed by atoms with E-state index in [-0.39, 0.29) is 17.0 Å². The van der Waals surface area contributed by atoms with Crippen LogP contribution < -0.4 is 0 Å². The van der Waals surface area contributed by atoms with Gasteiger partial charge in [0.1, 0.15) is 0 Å². The zero-order chi connectivity index (χ0) is 17.1. The smallest absolute Gasteiger partial charge is 0.189 e. The molecule has 0 radical (unpaired) electrons. The SMILES string of the molecule is Br.CCCCCCCCCCCC[PH](=O)O.CON(OC)OC. The summed E-state index contributed by atoms with van der Waals surface area (Å²) in [5, 5.41) is 0.875. The van der Waals surface area contributed by atoms with Gasteiger partial charge in [-0.1, -0.05) is 64.7 Å². The molecule has 1 atom stereocenters. The van der Waals surface area contributed by atoms with Gasteiger partial charge in [0, 0.05) is 6.16 Å². The van der Waals surface area contributed by atoms with Gasteiger partial charge in [-0.25, -0.2) is 0 Å². The Morgan fingerprint density at radius 2 is 1.13 bits per heavy atom. The molecule has 0 aliphatic rings. The molecule has 0 aliphatic carbocycles. The zero-order valence-corrected chi connectivity index (χ0v) is 17.9. The number of hydrogen-bond acceptors (Lipinski definition) is 5. The molecule has 0 aromatic carbocycles. The van der Waals surface area contributed by atoms with Crippen molar-refractivity contribution in [1.29, 1.82) is 0 Å². The topological polar surface area (TPSA) is 68.2 Å². The fourth-order valence-electron chi connectivity index (χ4n) is 1.99. The van der Waals surface area contributed by atoms with Gasteiger partial charge in [0.25, 0.3) is 0 Å². The van der Waals surface area contributed by atoms with Crippen LogP contribution in [0.5, 0.6) is 0 Å². The third-order valence-electron chi connectivity index (χ3n) is 3.19. The van der Waals surface area contributed by atoms with Gasteiger partial charge in [-0.3, -0.25) is 19.1 Å². The highest BCUT2D eigenvalue weighted by molar-refractivity contribution is 8.93. The molecular weight excluding hydrogens is 385 g/mol. The van der Waals surface area contributed by atoms with Gasteiger partial charge in [0.05, 0.1) is 26.7 Å². The Hall–Kier alpha value is 0.510. The fraction of sp³-hybridized carbons (Fsp3) is 1.00. The van der Waals surface area contributed by atoms with Crippen molar-refractivity contribution in [3.63, 3.8) is 0 Å². The van der Waals surface area contributed by atoms with E-state index in [1.54, 1.807) is 0 Å². The standard InChI is InChI=1S/C12H27O2P.C3H9NO3.BrH/c1-2-3-4-5-6-7-8-9-10-11-12-15(13)14;1-5-4(6-2)7-3;/h15H,2-12H2,1H3,(H,13,14);1-3H3;1H. The first-order valence-corrected chi connectivity index (χ1v) is 9.82. The molecule has 0 saturated carbocycles. The largest absolute Gasteiger partial charge is 0.346 e. The van der Waals surface area contributed by atoms with E-state index in [0.29, 0.717) is 6.16 Å². The Morgan fingerprint density at radius 3 is 1.39 bits per heavy atom. The first-order valence-electron chi connectivity index (χ1n) is 8.26. The average molecular weight is 422 g/mol. The van der Waals surface area contributed by atoms with Gasteiger partial charge in [-0.2, -0.15) is 0 Å². The van der Waals surface area contributed by atoms with Crippen LogP contribution in [0.2, 0.25) is 0 Å². The van der Waals surface area contributed by atoms with Crippen molar-refractivity contribution in [2.45, 2.75) is 71.1 Å². The highest BCUT2D eigenvalue weighted by atomic mass is 79.9. The summed E-state index contributed by atoms with van der Waals surface area (Å²) in [5.74, 6) is 0. The molecule has 0 amide bonds. The van der Waals surface area contributed by atoms with Crippen LogP contribution in [0.3, 0.4) is 0 Å². The van der Waals surface area contributed by atoms with Crippen LogP contribution in [-0.4, -0.2) is 37.8 Å². The Balaban J connectivity index is -0.000000425. The summed E-state index contributed by atoms with van der Waals surface area (Å²) in [5.41, 5.74) is 0. The van der Waals surface area contributed by atoms with Crippen molar-refractivity contribution in [1.82, 2.24) is 5.39 Å². The average Bonchev–Trinajstić information content (AvgIpc) is 2.51. The second kappa shape index (κ2) is 24.8. The van der Waals surface area contributed by atoms with Gasteiger partial charge >= 0.3 is 0 Å². The molecule has 1 N–H and O–H groups in total. The lowest BCUT2D eigenvalue weighted by Gasteiger charge is -2.10. The third-order valence-corrected chi connectivity index (χ3v) is 3.97. The second-order valence-electron chi connectivity index (χ2n) is 5.10. The number of rotatable bonds is 14. The fourth-order valence-corrected chi connectivity index (χ4v) is 2.54. The molecule has 6 nitrogen and oxygen atoms in total. The van der Waals surface area contributed by atoms with Crippen molar-refractivity contribution in [2.24, 2.45) is 0 Å². The Bertz CT molecular complexity index is 228. The normalized spacial score (nSPS) is 11.6. The summed E-state index contributed by atoms with van der Waals surface area (Å²) in [7, 11) is 2.12. The van der Waals surface area contributed by atoms with E-state index in [9.17, 15) is 4.57 Å². The van der Waals surface area contributed by atoms with Crippen LogP contribution in [0.1, 0.15) is 71.1 Å². The predicted molar refractivity (Wildman–Crippen MR) is 101 cm³/mol. The summed E-state index contributed by atoms with van der Waals surface area (Å²) in [6.07, 6.45) is 13.3. The van der Waals surface area contributed by atoms with Crippen molar-refractivity contribution >= 4 is 25.0 Å². The van der Waals surface area contributed by atoms with E-state index in [1.165, 1.54) is 72.7 Å². The third kappa shape index (κ3) is 27.6. The molecule has 0 saturated heterocycles. The minimum atomic E-state index is -2.19. The molecule has 0 aromatic heterocycles. The van der Waals surface area contributed by atoms with E-state index in [2.05, 4.69) is 21.4 Å². The molecule has 144 valence electrons. The molecule has 23 heavy (non-hydrogen) atoms. The lowest BCUT2D eigenvalue weighted by molar-refractivity contribution is -0.502. The molecule has 0 fully saturated rings. The molecule has 0 bridgehead atoms. The summed E-state index contributed by atoms with van der Waals surface area (Å²) in [6.45, 7) is 2.24. The van der Waals surface area contributed by atoms with Crippen LogP contribution in [0.4, 0.5) is 0 Å². The Labute approximate surface area is 153 Å². The minimum absolute atomic E-state index is 0. The number of hydrogen-bond donors (Lipinski definition) is 1. The maximum atomic E-state index is 10.4. The monoisotopic (exact) mass is 421 g/mol. The van der Waals surface area contributed by atoms with Gasteiger partial charge in [-0.05, 0) is 6.42 Å². The van der Waals surface area contributed by atoms with Gasteiger partial charge in [0.2, 0.25) is 0 Å². The van der Waals surface area contributed by atoms with Gasteiger partial charge in [-0.15, -0.1) is 17.0 Å². The lowest BCUT2D eigenvalue weighted by Crippen LogP contribution is -2.18. The summed E-state index contributed by atoms with van der Waals surface area (Å²) < 4.78 is 10.4. The molecule has 0 aromatic rings. The van der Waals surface area contributed by atoms with Crippen LogP contribution >= 0.6 is 25.0 Å².